The van der Waals surface area contributed by atoms with Gasteiger partial charge >= 0.3 is 5.97 Å². The Bertz CT molecular complexity index is 1040. The molecule has 0 saturated carbocycles. The van der Waals surface area contributed by atoms with Crippen LogP contribution in [0, 0.1) is 0 Å². The Balaban J connectivity index is 1.40. The van der Waals surface area contributed by atoms with Crippen LogP contribution in [0.1, 0.15) is 30.4 Å². The number of carbonyl (C=O) groups is 1. The Morgan fingerprint density at radius 3 is 2.59 bits per heavy atom. The molecular weight excluding hydrogens is 430 g/mol. The van der Waals surface area contributed by atoms with E-state index in [2.05, 4.69) is 4.98 Å². The lowest BCUT2D eigenvalue weighted by Gasteiger charge is -2.26. The molecule has 2 heterocycles. The van der Waals surface area contributed by atoms with Crippen molar-refractivity contribution in [2.45, 2.75) is 25.4 Å². The molecule has 2 atom stereocenters. The number of carbonyl (C=O) groups excluding carboxylic acids is 1. The summed E-state index contributed by atoms with van der Waals surface area (Å²) in [6, 6.07) is 16.8. The third-order valence-electron chi connectivity index (χ3n) is 5.13. The topological polar surface area (TPSA) is 66.9 Å². The summed E-state index contributed by atoms with van der Waals surface area (Å²) in [6.45, 7) is 2.90. The van der Waals surface area contributed by atoms with E-state index in [1.165, 1.54) is 0 Å². The van der Waals surface area contributed by atoms with Gasteiger partial charge in [0.05, 0.1) is 13.0 Å². The lowest BCUT2D eigenvalue weighted by molar-refractivity contribution is -0.143. The van der Waals surface area contributed by atoms with Gasteiger partial charge in [0.2, 0.25) is 0 Å². The van der Waals surface area contributed by atoms with Gasteiger partial charge in [-0.2, -0.15) is 0 Å². The summed E-state index contributed by atoms with van der Waals surface area (Å²) in [6.07, 6.45) is 3.47. The highest BCUT2D eigenvalue weighted by molar-refractivity contribution is 6.30. The first-order chi connectivity index (χ1) is 15.6. The zero-order chi connectivity index (χ0) is 22.3. The van der Waals surface area contributed by atoms with Crippen LogP contribution in [-0.2, 0) is 9.53 Å². The van der Waals surface area contributed by atoms with Crippen LogP contribution in [0.3, 0.4) is 0 Å². The van der Waals surface area contributed by atoms with Gasteiger partial charge in [0.1, 0.15) is 19.0 Å². The van der Waals surface area contributed by atoms with E-state index < -0.39 is 0 Å². The summed E-state index contributed by atoms with van der Waals surface area (Å²) in [7, 11) is 0. The molecule has 1 unspecified atom stereocenters. The third kappa shape index (κ3) is 5.51. The Hall–Kier alpha value is -3.25. The molecule has 7 heteroatoms. The van der Waals surface area contributed by atoms with E-state index in [0.29, 0.717) is 42.1 Å². The van der Waals surface area contributed by atoms with Crippen molar-refractivity contribution in [1.82, 2.24) is 4.98 Å². The van der Waals surface area contributed by atoms with Crippen LogP contribution in [0.2, 0.25) is 5.02 Å². The van der Waals surface area contributed by atoms with Gasteiger partial charge in [-0.1, -0.05) is 23.7 Å². The fraction of sp³-hybridized carbons (Fsp3) is 0.280. The van der Waals surface area contributed by atoms with E-state index in [1.54, 1.807) is 37.5 Å². The number of hydrogen-bond acceptors (Lipinski definition) is 6. The number of hydrogen-bond donors (Lipinski definition) is 0. The van der Waals surface area contributed by atoms with Crippen LogP contribution in [0.5, 0.6) is 17.2 Å². The van der Waals surface area contributed by atoms with Crippen molar-refractivity contribution in [2.24, 2.45) is 0 Å². The normalized spacial score (nSPS) is 15.6. The highest BCUT2D eigenvalue weighted by atomic mass is 35.5. The van der Waals surface area contributed by atoms with Gasteiger partial charge in [-0.25, -0.2) is 0 Å². The van der Waals surface area contributed by atoms with Gasteiger partial charge in [-0.3, -0.25) is 9.78 Å². The Morgan fingerprint density at radius 1 is 1.09 bits per heavy atom. The molecule has 0 fully saturated rings. The molecule has 0 saturated heterocycles. The molecule has 4 rings (SSSR count). The number of pyridine rings is 1. The maximum absolute atomic E-state index is 12.2. The second kappa shape index (κ2) is 10.4. The number of fused-ring (bicyclic) bond motifs is 1. The van der Waals surface area contributed by atoms with E-state index in [9.17, 15) is 4.79 Å². The molecule has 3 aromatic rings. The molecule has 2 aromatic carbocycles. The van der Waals surface area contributed by atoms with Gasteiger partial charge in [-0.05, 0) is 54.4 Å². The third-order valence-corrected chi connectivity index (χ3v) is 5.36. The van der Waals surface area contributed by atoms with Crippen molar-refractivity contribution in [1.29, 1.82) is 0 Å². The molecule has 32 heavy (non-hydrogen) atoms. The first-order valence-electron chi connectivity index (χ1n) is 10.5. The van der Waals surface area contributed by atoms with Gasteiger partial charge in [0.25, 0.3) is 0 Å². The Kier molecular flexibility index (Phi) is 7.12. The SMILES string of the molecule is CCOC(=O)CC(c1ccncc1)c1ccc(OC[C@H]2COc3ccc(Cl)cc3O2)cc1. The molecule has 1 aliphatic heterocycles. The number of esters is 1. The summed E-state index contributed by atoms with van der Waals surface area (Å²) in [5.41, 5.74) is 2.00. The number of halogens is 1. The summed E-state index contributed by atoms with van der Waals surface area (Å²) in [5, 5.41) is 0.594. The van der Waals surface area contributed by atoms with E-state index >= 15 is 0 Å². The van der Waals surface area contributed by atoms with Gasteiger partial charge in [-0.15, -0.1) is 0 Å². The molecule has 6 nitrogen and oxygen atoms in total. The minimum atomic E-state index is -0.242. The van der Waals surface area contributed by atoms with Crippen LogP contribution in [0.4, 0.5) is 0 Å². The van der Waals surface area contributed by atoms with Crippen molar-refractivity contribution in [3.63, 3.8) is 0 Å². The fourth-order valence-electron chi connectivity index (χ4n) is 3.57. The minimum Gasteiger partial charge on any atom is -0.490 e. The Labute approximate surface area is 192 Å². The van der Waals surface area contributed by atoms with Crippen molar-refractivity contribution in [3.8, 4) is 17.2 Å². The maximum atomic E-state index is 12.2. The van der Waals surface area contributed by atoms with Crippen LogP contribution in [0.25, 0.3) is 0 Å². The lowest BCUT2D eigenvalue weighted by atomic mass is 9.89. The zero-order valence-corrected chi connectivity index (χ0v) is 18.5. The average molecular weight is 454 g/mol. The zero-order valence-electron chi connectivity index (χ0n) is 17.7. The summed E-state index contributed by atoms with van der Waals surface area (Å²) >= 11 is 6.03. The van der Waals surface area contributed by atoms with Gasteiger partial charge < -0.3 is 18.9 Å². The number of nitrogens with zero attached hydrogens (tertiary/aromatic N) is 1. The summed E-state index contributed by atoms with van der Waals surface area (Å²) in [5.74, 6) is 1.65. The van der Waals surface area contributed by atoms with Crippen molar-refractivity contribution >= 4 is 17.6 Å². The second-order valence-electron chi connectivity index (χ2n) is 7.36. The number of benzene rings is 2. The molecule has 0 aliphatic carbocycles. The molecule has 1 aliphatic rings. The molecule has 0 N–H and O–H groups in total. The number of aromatic nitrogens is 1. The molecule has 0 bridgehead atoms. The quantitative estimate of drug-likeness (QED) is 0.445. The predicted molar refractivity (Wildman–Crippen MR) is 121 cm³/mol. The fourth-order valence-corrected chi connectivity index (χ4v) is 3.73. The van der Waals surface area contributed by atoms with Gasteiger partial charge in [0.15, 0.2) is 17.6 Å². The number of ether oxygens (including phenoxy) is 4. The van der Waals surface area contributed by atoms with Crippen LogP contribution >= 0.6 is 11.6 Å². The summed E-state index contributed by atoms with van der Waals surface area (Å²) in [4.78, 5) is 16.2. The predicted octanol–water partition coefficient (Wildman–Crippen LogP) is 5.04. The molecule has 1 aromatic heterocycles. The van der Waals surface area contributed by atoms with Crippen LogP contribution in [0.15, 0.2) is 67.0 Å². The smallest absolute Gasteiger partial charge is 0.306 e. The van der Waals surface area contributed by atoms with E-state index in [1.807, 2.05) is 36.4 Å². The van der Waals surface area contributed by atoms with Gasteiger partial charge in [0, 0.05) is 29.4 Å². The van der Waals surface area contributed by atoms with E-state index in [-0.39, 0.29) is 24.4 Å². The maximum Gasteiger partial charge on any atom is 0.306 e. The molecule has 0 amide bonds. The van der Waals surface area contributed by atoms with Crippen LogP contribution in [-0.4, -0.2) is 36.9 Å². The average Bonchev–Trinajstić information content (AvgIpc) is 2.82. The van der Waals surface area contributed by atoms with Crippen LogP contribution < -0.4 is 14.2 Å². The lowest BCUT2D eigenvalue weighted by Crippen LogP contribution is -2.34. The number of rotatable bonds is 8. The van der Waals surface area contributed by atoms with Crippen molar-refractivity contribution in [3.05, 3.63) is 83.1 Å². The first-order valence-corrected chi connectivity index (χ1v) is 10.9. The van der Waals surface area contributed by atoms with E-state index in [0.717, 1.165) is 11.1 Å². The largest absolute Gasteiger partial charge is 0.490 e. The molecule has 0 radical (unpaired) electrons. The van der Waals surface area contributed by atoms with Crippen molar-refractivity contribution in [2.75, 3.05) is 19.8 Å². The molecular formula is C25H24ClNO5. The second-order valence-corrected chi connectivity index (χ2v) is 7.80. The highest BCUT2D eigenvalue weighted by Gasteiger charge is 2.22. The Morgan fingerprint density at radius 2 is 1.84 bits per heavy atom. The minimum absolute atomic E-state index is 0.123. The molecule has 166 valence electrons. The van der Waals surface area contributed by atoms with Crippen molar-refractivity contribution < 1.29 is 23.7 Å². The highest BCUT2D eigenvalue weighted by Crippen LogP contribution is 2.34. The summed E-state index contributed by atoms with van der Waals surface area (Å²) < 4.78 is 22.7. The van der Waals surface area contributed by atoms with E-state index in [4.69, 9.17) is 30.5 Å². The monoisotopic (exact) mass is 453 g/mol. The standard InChI is InChI=1S/C25H24ClNO5/c1-2-29-25(28)14-22(18-9-11-27-12-10-18)17-3-6-20(7-4-17)30-15-21-16-31-23-8-5-19(26)13-24(23)32-21/h3-13,21-22H,2,14-16H2,1H3/t21-,22?/m0/s1. The molecule has 0 spiro atoms. The first kappa shape index (κ1) is 22.0.